The van der Waals surface area contributed by atoms with Crippen LogP contribution in [0.5, 0.6) is 5.75 Å². The summed E-state index contributed by atoms with van der Waals surface area (Å²) in [5.74, 6) is -0.525. The van der Waals surface area contributed by atoms with E-state index in [1.165, 1.54) is 12.1 Å². The summed E-state index contributed by atoms with van der Waals surface area (Å²) in [4.78, 5) is 14.5. The highest BCUT2D eigenvalue weighted by Gasteiger charge is 2.36. The molecule has 1 aromatic carbocycles. The Morgan fingerprint density at radius 3 is 2.76 bits per heavy atom. The number of piperidine rings is 1. The van der Waals surface area contributed by atoms with Gasteiger partial charge in [0.2, 0.25) is 0 Å². The first-order valence-electron chi connectivity index (χ1n) is 7.67. The van der Waals surface area contributed by atoms with Crippen LogP contribution in [0.2, 0.25) is 0 Å². The maximum atomic E-state index is 13.9. The zero-order valence-electron chi connectivity index (χ0n) is 12.0. The molecule has 0 bridgehead atoms. The third-order valence-corrected chi connectivity index (χ3v) is 4.67. The molecule has 0 spiro atoms. The largest absolute Gasteiger partial charge is 0.508 e. The summed E-state index contributed by atoms with van der Waals surface area (Å²) in [6.45, 7) is 2.70. The van der Waals surface area contributed by atoms with E-state index in [-0.39, 0.29) is 23.3 Å². The van der Waals surface area contributed by atoms with Gasteiger partial charge >= 0.3 is 0 Å². The minimum absolute atomic E-state index is 0.0636. The number of phenols is 1. The molecule has 1 unspecified atom stereocenters. The van der Waals surface area contributed by atoms with Crippen LogP contribution in [-0.4, -0.2) is 41.6 Å². The van der Waals surface area contributed by atoms with Crippen molar-refractivity contribution in [3.05, 3.63) is 29.6 Å². The van der Waals surface area contributed by atoms with Crippen molar-refractivity contribution in [2.24, 2.45) is 5.92 Å². The lowest BCUT2D eigenvalue weighted by Gasteiger charge is -2.34. The maximum absolute atomic E-state index is 13.9. The highest BCUT2D eigenvalue weighted by Crippen LogP contribution is 2.31. The Bertz CT molecular complexity index is 529. The molecule has 2 heterocycles. The van der Waals surface area contributed by atoms with E-state index in [1.807, 2.05) is 4.90 Å². The van der Waals surface area contributed by atoms with Crippen LogP contribution in [0.25, 0.3) is 0 Å². The first-order valence-corrected chi connectivity index (χ1v) is 7.67. The molecule has 1 amide bonds. The second-order valence-electron chi connectivity index (χ2n) is 5.96. The van der Waals surface area contributed by atoms with Gasteiger partial charge in [0.05, 0.1) is 5.56 Å². The van der Waals surface area contributed by atoms with Gasteiger partial charge in [0.15, 0.2) is 0 Å². The van der Waals surface area contributed by atoms with E-state index in [0.29, 0.717) is 12.5 Å². The molecule has 2 aliphatic heterocycles. The summed E-state index contributed by atoms with van der Waals surface area (Å²) >= 11 is 0. The molecule has 0 aliphatic carbocycles. The minimum Gasteiger partial charge on any atom is -0.508 e. The van der Waals surface area contributed by atoms with Gasteiger partial charge in [-0.2, -0.15) is 0 Å². The normalized spacial score (nSPS) is 23.5. The number of hydrogen-bond donors (Lipinski definition) is 2. The lowest BCUT2D eigenvalue weighted by Crippen LogP contribution is -2.44. The molecule has 2 aliphatic rings. The van der Waals surface area contributed by atoms with Gasteiger partial charge in [0.1, 0.15) is 11.6 Å². The quantitative estimate of drug-likeness (QED) is 0.878. The molecule has 5 heteroatoms. The molecule has 0 aromatic heterocycles. The summed E-state index contributed by atoms with van der Waals surface area (Å²) in [6, 6.07) is 3.98. The molecular formula is C16H21FN2O2. The van der Waals surface area contributed by atoms with Crippen molar-refractivity contribution < 1.29 is 14.3 Å². The number of aromatic hydroxyl groups is 1. The van der Waals surface area contributed by atoms with Gasteiger partial charge in [0.25, 0.3) is 5.91 Å². The third kappa shape index (κ3) is 2.88. The van der Waals surface area contributed by atoms with Gasteiger partial charge in [-0.05, 0) is 56.8 Å². The predicted molar refractivity (Wildman–Crippen MR) is 77.7 cm³/mol. The SMILES string of the molecule is O=C(c1ccc(O)cc1F)N1CCCC1C1CCNCC1. The first kappa shape index (κ1) is 14.3. The second-order valence-corrected chi connectivity index (χ2v) is 5.96. The van der Waals surface area contributed by atoms with E-state index < -0.39 is 5.82 Å². The first-order chi connectivity index (χ1) is 10.2. The average Bonchev–Trinajstić information content (AvgIpc) is 2.97. The van der Waals surface area contributed by atoms with Gasteiger partial charge < -0.3 is 15.3 Å². The van der Waals surface area contributed by atoms with Crippen LogP contribution < -0.4 is 5.32 Å². The van der Waals surface area contributed by atoms with Crippen molar-refractivity contribution in [3.8, 4) is 5.75 Å². The molecule has 4 nitrogen and oxygen atoms in total. The van der Waals surface area contributed by atoms with E-state index in [0.717, 1.165) is 44.8 Å². The Morgan fingerprint density at radius 2 is 2.05 bits per heavy atom. The smallest absolute Gasteiger partial charge is 0.257 e. The number of carbonyl (C=O) groups is 1. The Balaban J connectivity index is 1.79. The Labute approximate surface area is 124 Å². The highest BCUT2D eigenvalue weighted by atomic mass is 19.1. The summed E-state index contributed by atoms with van der Waals surface area (Å²) < 4.78 is 13.9. The monoisotopic (exact) mass is 292 g/mol. The van der Waals surface area contributed by atoms with Crippen LogP contribution in [-0.2, 0) is 0 Å². The van der Waals surface area contributed by atoms with Crippen LogP contribution in [0.15, 0.2) is 18.2 Å². The molecule has 2 saturated heterocycles. The summed E-state index contributed by atoms with van der Waals surface area (Å²) in [5, 5.41) is 12.6. The number of amides is 1. The van der Waals surface area contributed by atoms with E-state index in [4.69, 9.17) is 0 Å². The number of benzene rings is 1. The van der Waals surface area contributed by atoms with Gasteiger partial charge in [-0.25, -0.2) is 4.39 Å². The number of halogens is 1. The van der Waals surface area contributed by atoms with Crippen molar-refractivity contribution in [3.63, 3.8) is 0 Å². The number of phenolic OH excluding ortho intramolecular Hbond substituents is 1. The fourth-order valence-corrected chi connectivity index (χ4v) is 3.60. The van der Waals surface area contributed by atoms with E-state index in [2.05, 4.69) is 5.32 Å². The Kier molecular flexibility index (Phi) is 4.10. The van der Waals surface area contributed by atoms with Crippen LogP contribution in [0.3, 0.4) is 0 Å². The summed E-state index contributed by atoms with van der Waals surface area (Å²) in [5.41, 5.74) is 0.0636. The number of hydrogen-bond acceptors (Lipinski definition) is 3. The fraction of sp³-hybridized carbons (Fsp3) is 0.562. The Hall–Kier alpha value is -1.62. The predicted octanol–water partition coefficient (Wildman–Crippen LogP) is 2.14. The van der Waals surface area contributed by atoms with E-state index in [9.17, 15) is 14.3 Å². The molecule has 2 N–H and O–H groups in total. The van der Waals surface area contributed by atoms with Crippen LogP contribution in [0.1, 0.15) is 36.0 Å². The molecule has 1 atom stereocenters. The van der Waals surface area contributed by atoms with E-state index >= 15 is 0 Å². The molecule has 0 saturated carbocycles. The molecule has 2 fully saturated rings. The maximum Gasteiger partial charge on any atom is 0.257 e. The second kappa shape index (κ2) is 6.02. The van der Waals surface area contributed by atoms with Crippen LogP contribution >= 0.6 is 0 Å². The Morgan fingerprint density at radius 1 is 1.29 bits per heavy atom. The molecule has 0 radical (unpaired) electrons. The fourth-order valence-electron chi connectivity index (χ4n) is 3.60. The van der Waals surface area contributed by atoms with Gasteiger partial charge in [0, 0.05) is 18.7 Å². The van der Waals surface area contributed by atoms with Crippen molar-refractivity contribution in [1.29, 1.82) is 0 Å². The van der Waals surface area contributed by atoms with E-state index in [1.54, 1.807) is 0 Å². The van der Waals surface area contributed by atoms with Crippen molar-refractivity contribution in [2.75, 3.05) is 19.6 Å². The number of nitrogens with one attached hydrogen (secondary N) is 1. The van der Waals surface area contributed by atoms with Crippen LogP contribution in [0.4, 0.5) is 4.39 Å². The average molecular weight is 292 g/mol. The topological polar surface area (TPSA) is 52.6 Å². The molecule has 21 heavy (non-hydrogen) atoms. The van der Waals surface area contributed by atoms with Gasteiger partial charge in [-0.15, -0.1) is 0 Å². The summed E-state index contributed by atoms with van der Waals surface area (Å²) in [7, 11) is 0. The van der Waals surface area contributed by atoms with Crippen molar-refractivity contribution in [1.82, 2.24) is 10.2 Å². The lowest BCUT2D eigenvalue weighted by molar-refractivity contribution is 0.0661. The zero-order chi connectivity index (χ0) is 14.8. The summed E-state index contributed by atoms with van der Waals surface area (Å²) in [6.07, 6.45) is 4.15. The minimum atomic E-state index is -0.643. The number of likely N-dealkylation sites (tertiary alicyclic amines) is 1. The van der Waals surface area contributed by atoms with Gasteiger partial charge in [-0.1, -0.05) is 0 Å². The standard InChI is InChI=1S/C16H21FN2O2/c17-14-10-12(20)3-4-13(14)16(21)19-9-1-2-15(19)11-5-7-18-8-6-11/h3-4,10-11,15,18,20H,1-2,5-9H2. The van der Waals surface area contributed by atoms with Crippen LogP contribution in [0, 0.1) is 11.7 Å². The molecular weight excluding hydrogens is 271 g/mol. The third-order valence-electron chi connectivity index (χ3n) is 4.67. The molecule has 3 rings (SSSR count). The molecule has 114 valence electrons. The molecule has 1 aromatic rings. The van der Waals surface area contributed by atoms with Crippen molar-refractivity contribution >= 4 is 5.91 Å². The van der Waals surface area contributed by atoms with Gasteiger partial charge in [-0.3, -0.25) is 4.79 Å². The highest BCUT2D eigenvalue weighted by molar-refractivity contribution is 5.95. The zero-order valence-corrected chi connectivity index (χ0v) is 12.0. The van der Waals surface area contributed by atoms with Crippen molar-refractivity contribution in [2.45, 2.75) is 31.7 Å². The number of rotatable bonds is 2. The number of nitrogens with zero attached hydrogens (tertiary/aromatic N) is 1. The number of carbonyl (C=O) groups excluding carboxylic acids is 1. The lowest BCUT2D eigenvalue weighted by atomic mass is 9.88.